The first kappa shape index (κ1) is 13.6. The zero-order chi connectivity index (χ0) is 13.7. The van der Waals surface area contributed by atoms with Crippen molar-refractivity contribution in [1.29, 1.82) is 0 Å². The van der Waals surface area contributed by atoms with Crippen LogP contribution in [0.2, 0.25) is 0 Å². The van der Waals surface area contributed by atoms with E-state index in [1.807, 2.05) is 19.1 Å². The van der Waals surface area contributed by atoms with Gasteiger partial charge in [-0.15, -0.1) is 0 Å². The van der Waals surface area contributed by atoms with Crippen LogP contribution in [0.25, 0.3) is 11.4 Å². The Labute approximate surface area is 117 Å². The molecule has 0 bridgehead atoms. The van der Waals surface area contributed by atoms with Crippen molar-refractivity contribution in [2.24, 2.45) is 0 Å². The molecular formula is C13H16N4OS. The summed E-state index contributed by atoms with van der Waals surface area (Å²) in [5.74, 6) is 2.04. The SMILES string of the molecule is CCc1nc(-c2ccc(C(=O)NCCS)cc2)n[nH]1. The number of carbonyl (C=O) groups is 1. The summed E-state index contributed by atoms with van der Waals surface area (Å²) in [6, 6.07) is 7.23. The lowest BCUT2D eigenvalue weighted by molar-refractivity contribution is 0.0956. The van der Waals surface area contributed by atoms with E-state index in [9.17, 15) is 4.79 Å². The molecule has 1 amide bonds. The molecule has 0 spiro atoms. The maximum atomic E-state index is 11.7. The Hall–Kier alpha value is -1.82. The van der Waals surface area contributed by atoms with E-state index in [2.05, 4.69) is 33.1 Å². The average Bonchev–Trinajstić information content (AvgIpc) is 2.94. The third-order valence-electron chi connectivity index (χ3n) is 2.67. The number of rotatable bonds is 5. The summed E-state index contributed by atoms with van der Waals surface area (Å²) < 4.78 is 0. The van der Waals surface area contributed by atoms with E-state index in [0.717, 1.165) is 17.8 Å². The fraction of sp³-hybridized carbons (Fsp3) is 0.308. The Morgan fingerprint density at radius 3 is 2.68 bits per heavy atom. The standard InChI is InChI=1S/C13H16N4OS/c1-2-11-15-12(17-16-11)9-3-5-10(6-4-9)13(18)14-7-8-19/h3-6,19H,2,7-8H2,1H3,(H,14,18)(H,15,16,17). The molecule has 2 rings (SSSR count). The second kappa shape index (κ2) is 6.38. The highest BCUT2D eigenvalue weighted by Crippen LogP contribution is 2.15. The van der Waals surface area contributed by atoms with Crippen LogP contribution in [0.3, 0.4) is 0 Å². The maximum Gasteiger partial charge on any atom is 0.251 e. The fourth-order valence-electron chi connectivity index (χ4n) is 1.62. The van der Waals surface area contributed by atoms with Gasteiger partial charge in [0.15, 0.2) is 5.82 Å². The molecular weight excluding hydrogens is 260 g/mol. The van der Waals surface area contributed by atoms with Crippen molar-refractivity contribution in [2.75, 3.05) is 12.3 Å². The first-order valence-corrected chi connectivity index (χ1v) is 6.78. The lowest BCUT2D eigenvalue weighted by Gasteiger charge is -2.03. The average molecular weight is 276 g/mol. The molecule has 0 atom stereocenters. The number of thiol groups is 1. The van der Waals surface area contributed by atoms with Crippen molar-refractivity contribution >= 4 is 18.5 Å². The number of hydrogen-bond donors (Lipinski definition) is 3. The molecule has 0 aliphatic rings. The Morgan fingerprint density at radius 1 is 1.37 bits per heavy atom. The number of aromatic amines is 1. The highest BCUT2D eigenvalue weighted by Gasteiger charge is 2.07. The summed E-state index contributed by atoms with van der Waals surface area (Å²) in [6.07, 6.45) is 0.817. The van der Waals surface area contributed by atoms with Crippen LogP contribution in [0.15, 0.2) is 24.3 Å². The smallest absolute Gasteiger partial charge is 0.251 e. The minimum absolute atomic E-state index is 0.0927. The van der Waals surface area contributed by atoms with Gasteiger partial charge in [0, 0.05) is 29.8 Å². The highest BCUT2D eigenvalue weighted by molar-refractivity contribution is 7.80. The van der Waals surface area contributed by atoms with E-state index >= 15 is 0 Å². The Morgan fingerprint density at radius 2 is 2.11 bits per heavy atom. The Kier molecular flexibility index (Phi) is 4.57. The van der Waals surface area contributed by atoms with Crippen molar-refractivity contribution in [3.8, 4) is 11.4 Å². The molecule has 0 aliphatic heterocycles. The molecule has 2 N–H and O–H groups in total. The summed E-state index contributed by atoms with van der Waals surface area (Å²) in [6.45, 7) is 2.57. The van der Waals surface area contributed by atoms with Gasteiger partial charge >= 0.3 is 0 Å². The summed E-state index contributed by atoms with van der Waals surface area (Å²) >= 11 is 4.05. The molecule has 2 aromatic rings. The largest absolute Gasteiger partial charge is 0.351 e. The number of aryl methyl sites for hydroxylation is 1. The number of nitrogens with one attached hydrogen (secondary N) is 2. The molecule has 0 saturated heterocycles. The molecule has 0 radical (unpaired) electrons. The third-order valence-corrected chi connectivity index (χ3v) is 2.89. The van der Waals surface area contributed by atoms with Crippen molar-refractivity contribution < 1.29 is 4.79 Å². The van der Waals surface area contributed by atoms with Crippen LogP contribution in [0.5, 0.6) is 0 Å². The molecule has 6 heteroatoms. The van der Waals surface area contributed by atoms with Crippen molar-refractivity contribution in [2.45, 2.75) is 13.3 Å². The number of H-pyrrole nitrogens is 1. The number of nitrogens with zero attached hydrogens (tertiary/aromatic N) is 2. The van der Waals surface area contributed by atoms with Gasteiger partial charge in [-0.25, -0.2) is 4.98 Å². The van der Waals surface area contributed by atoms with Gasteiger partial charge < -0.3 is 5.32 Å². The van der Waals surface area contributed by atoms with Crippen molar-refractivity contribution in [3.63, 3.8) is 0 Å². The molecule has 100 valence electrons. The predicted molar refractivity (Wildman–Crippen MR) is 77.4 cm³/mol. The molecule has 19 heavy (non-hydrogen) atoms. The van der Waals surface area contributed by atoms with Gasteiger partial charge in [-0.1, -0.05) is 19.1 Å². The molecule has 1 aromatic heterocycles. The summed E-state index contributed by atoms with van der Waals surface area (Å²) in [7, 11) is 0. The maximum absolute atomic E-state index is 11.7. The van der Waals surface area contributed by atoms with Gasteiger partial charge in [0.25, 0.3) is 5.91 Å². The minimum atomic E-state index is -0.0927. The zero-order valence-corrected chi connectivity index (χ0v) is 11.6. The summed E-state index contributed by atoms with van der Waals surface area (Å²) in [4.78, 5) is 16.1. The van der Waals surface area contributed by atoms with E-state index in [0.29, 0.717) is 23.7 Å². The van der Waals surface area contributed by atoms with Crippen LogP contribution < -0.4 is 5.32 Å². The number of aromatic nitrogens is 3. The first-order valence-electron chi connectivity index (χ1n) is 6.15. The van der Waals surface area contributed by atoms with Gasteiger partial charge in [-0.05, 0) is 12.1 Å². The van der Waals surface area contributed by atoms with Gasteiger partial charge in [-0.2, -0.15) is 17.7 Å². The Balaban J connectivity index is 2.11. The van der Waals surface area contributed by atoms with E-state index in [-0.39, 0.29) is 5.91 Å². The molecule has 1 heterocycles. The molecule has 0 fully saturated rings. The van der Waals surface area contributed by atoms with Crippen LogP contribution in [0.1, 0.15) is 23.1 Å². The Bertz CT molecular complexity index is 550. The van der Waals surface area contributed by atoms with Crippen LogP contribution in [0.4, 0.5) is 0 Å². The molecule has 0 aliphatic carbocycles. The quantitative estimate of drug-likeness (QED) is 0.728. The predicted octanol–water partition coefficient (Wildman–Crippen LogP) is 1.69. The number of amides is 1. The van der Waals surface area contributed by atoms with Gasteiger partial charge in [0.1, 0.15) is 5.82 Å². The molecule has 0 saturated carbocycles. The summed E-state index contributed by atoms with van der Waals surface area (Å²) in [5.41, 5.74) is 1.51. The number of benzene rings is 1. The second-order valence-corrected chi connectivity index (χ2v) is 4.46. The first-order chi connectivity index (χ1) is 9.24. The van der Waals surface area contributed by atoms with Crippen LogP contribution in [-0.2, 0) is 6.42 Å². The second-order valence-electron chi connectivity index (χ2n) is 4.02. The minimum Gasteiger partial charge on any atom is -0.351 e. The van der Waals surface area contributed by atoms with Crippen molar-refractivity contribution in [3.05, 3.63) is 35.7 Å². The van der Waals surface area contributed by atoms with Crippen LogP contribution >= 0.6 is 12.6 Å². The summed E-state index contributed by atoms with van der Waals surface area (Å²) in [5, 5.41) is 9.77. The van der Waals surface area contributed by atoms with Crippen LogP contribution in [-0.4, -0.2) is 33.4 Å². The van der Waals surface area contributed by atoms with E-state index < -0.39 is 0 Å². The molecule has 1 aromatic carbocycles. The normalized spacial score (nSPS) is 10.4. The lowest BCUT2D eigenvalue weighted by atomic mass is 10.1. The topological polar surface area (TPSA) is 70.7 Å². The van der Waals surface area contributed by atoms with E-state index in [4.69, 9.17) is 0 Å². The van der Waals surface area contributed by atoms with Crippen LogP contribution in [0, 0.1) is 0 Å². The third kappa shape index (κ3) is 3.35. The van der Waals surface area contributed by atoms with Gasteiger partial charge in [0.2, 0.25) is 0 Å². The van der Waals surface area contributed by atoms with E-state index in [1.165, 1.54) is 0 Å². The monoisotopic (exact) mass is 276 g/mol. The lowest BCUT2D eigenvalue weighted by Crippen LogP contribution is -2.25. The highest BCUT2D eigenvalue weighted by atomic mass is 32.1. The number of carbonyl (C=O) groups excluding carboxylic acids is 1. The van der Waals surface area contributed by atoms with Gasteiger partial charge in [0.05, 0.1) is 0 Å². The fourth-order valence-corrected chi connectivity index (χ4v) is 1.74. The van der Waals surface area contributed by atoms with Gasteiger partial charge in [-0.3, -0.25) is 9.89 Å². The zero-order valence-electron chi connectivity index (χ0n) is 10.7. The molecule has 5 nitrogen and oxygen atoms in total. The number of hydrogen-bond acceptors (Lipinski definition) is 4. The van der Waals surface area contributed by atoms with Crippen molar-refractivity contribution in [1.82, 2.24) is 20.5 Å². The molecule has 0 unspecified atom stereocenters. The van der Waals surface area contributed by atoms with E-state index in [1.54, 1.807) is 12.1 Å².